The van der Waals surface area contributed by atoms with E-state index in [0.29, 0.717) is 0 Å². The van der Waals surface area contributed by atoms with Gasteiger partial charge in [-0.15, -0.1) is 0 Å². The molecular weight excluding hydrogens is 322 g/mol. The molecule has 2 nitrogen and oxygen atoms in total. The van der Waals surface area contributed by atoms with Gasteiger partial charge in [0.25, 0.3) is 0 Å². The van der Waals surface area contributed by atoms with Gasteiger partial charge in [-0.2, -0.15) is 13.2 Å². The second kappa shape index (κ2) is 6.54. The van der Waals surface area contributed by atoms with Gasteiger partial charge in [0.05, 0.1) is 5.02 Å². The van der Waals surface area contributed by atoms with Crippen LogP contribution >= 0.6 is 11.6 Å². The molecule has 0 saturated carbocycles. The van der Waals surface area contributed by atoms with E-state index in [1.165, 1.54) is 42.5 Å². The summed E-state index contributed by atoms with van der Waals surface area (Å²) in [6.45, 7) is -0.198. The first-order chi connectivity index (χ1) is 10.3. The minimum Gasteiger partial charge on any atom is -0.489 e. The monoisotopic (exact) mass is 333 g/mol. The molecule has 0 heterocycles. The third-order valence-electron chi connectivity index (χ3n) is 3.01. The Hall–Kier alpha value is -1.79. The lowest BCUT2D eigenvalue weighted by Gasteiger charge is -2.17. The number of nitrogens with two attached hydrogens (primary N) is 1. The van der Waals surface area contributed by atoms with Crippen molar-refractivity contribution in [2.24, 2.45) is 5.73 Å². The molecule has 0 aliphatic rings. The summed E-state index contributed by atoms with van der Waals surface area (Å²) >= 11 is 5.85. The molecule has 0 aliphatic heterocycles. The van der Waals surface area contributed by atoms with Crippen LogP contribution in [0.25, 0.3) is 0 Å². The molecule has 0 aromatic heterocycles. The fraction of sp³-hybridized carbons (Fsp3) is 0.200. The summed E-state index contributed by atoms with van der Waals surface area (Å²) in [5, 5.41) is 0.183. The highest BCUT2D eigenvalue weighted by Gasteiger charge is 2.37. The van der Waals surface area contributed by atoms with Gasteiger partial charge in [-0.1, -0.05) is 29.8 Å². The Kier molecular flexibility index (Phi) is 4.93. The molecule has 0 radical (unpaired) electrons. The first kappa shape index (κ1) is 16.6. The lowest BCUT2D eigenvalue weighted by Crippen LogP contribution is -2.28. The smallest absolute Gasteiger partial charge is 0.407 e. The second-order valence-corrected chi connectivity index (χ2v) is 4.99. The lowest BCUT2D eigenvalue weighted by molar-refractivity contribution is -0.149. The number of alkyl halides is 3. The molecule has 2 N–H and O–H groups in total. The predicted molar refractivity (Wildman–Crippen MR) is 75.2 cm³/mol. The molecule has 0 saturated heterocycles. The summed E-state index contributed by atoms with van der Waals surface area (Å²) in [6.07, 6.45) is -4.55. The van der Waals surface area contributed by atoms with Gasteiger partial charge in [0.15, 0.2) is 0 Å². The van der Waals surface area contributed by atoms with E-state index in [1.54, 1.807) is 0 Å². The molecule has 22 heavy (non-hydrogen) atoms. The van der Waals surface area contributed by atoms with Crippen molar-refractivity contribution in [2.75, 3.05) is 0 Å². The summed E-state index contributed by atoms with van der Waals surface area (Å²) in [4.78, 5) is 0. The quantitative estimate of drug-likeness (QED) is 0.829. The van der Waals surface area contributed by atoms with E-state index in [1.807, 2.05) is 0 Å². The SMILES string of the molecule is N[C@@H](c1cccc(OCc2c(F)cccc2Cl)c1)C(F)(F)F. The molecule has 0 fully saturated rings. The van der Waals surface area contributed by atoms with Gasteiger partial charge in [0, 0.05) is 5.56 Å². The average Bonchev–Trinajstić information content (AvgIpc) is 2.45. The van der Waals surface area contributed by atoms with Crippen LogP contribution in [0.2, 0.25) is 5.02 Å². The Morgan fingerprint density at radius 2 is 1.82 bits per heavy atom. The predicted octanol–water partition coefficient (Wildman–Crippen LogP) is 4.62. The van der Waals surface area contributed by atoms with Gasteiger partial charge < -0.3 is 10.5 Å². The van der Waals surface area contributed by atoms with Crippen LogP contribution in [-0.2, 0) is 6.61 Å². The van der Waals surface area contributed by atoms with Crippen molar-refractivity contribution in [1.82, 2.24) is 0 Å². The molecule has 0 bridgehead atoms. The van der Waals surface area contributed by atoms with Crippen LogP contribution in [0.5, 0.6) is 5.75 Å². The maximum atomic E-state index is 13.6. The van der Waals surface area contributed by atoms with Crippen molar-refractivity contribution in [3.63, 3.8) is 0 Å². The number of halogens is 5. The maximum absolute atomic E-state index is 13.6. The van der Waals surface area contributed by atoms with Crippen LogP contribution in [-0.4, -0.2) is 6.18 Å². The number of hydrogen-bond donors (Lipinski definition) is 1. The highest BCUT2D eigenvalue weighted by atomic mass is 35.5. The van der Waals surface area contributed by atoms with E-state index in [-0.39, 0.29) is 28.5 Å². The van der Waals surface area contributed by atoms with Crippen molar-refractivity contribution >= 4 is 11.6 Å². The van der Waals surface area contributed by atoms with Crippen LogP contribution in [0.3, 0.4) is 0 Å². The van der Waals surface area contributed by atoms with E-state index < -0.39 is 18.0 Å². The fourth-order valence-electron chi connectivity index (χ4n) is 1.81. The van der Waals surface area contributed by atoms with Gasteiger partial charge in [-0.3, -0.25) is 0 Å². The zero-order valence-electron chi connectivity index (χ0n) is 11.2. The molecular formula is C15H12ClF4NO. The molecule has 0 aliphatic carbocycles. The Morgan fingerprint density at radius 3 is 2.45 bits per heavy atom. The van der Waals surface area contributed by atoms with Crippen LogP contribution in [0.1, 0.15) is 17.2 Å². The van der Waals surface area contributed by atoms with Crippen LogP contribution in [0.15, 0.2) is 42.5 Å². The van der Waals surface area contributed by atoms with Gasteiger partial charge in [-0.25, -0.2) is 4.39 Å². The minimum absolute atomic E-state index is 0.134. The van der Waals surface area contributed by atoms with E-state index in [4.69, 9.17) is 22.1 Å². The zero-order valence-corrected chi connectivity index (χ0v) is 12.0. The van der Waals surface area contributed by atoms with Gasteiger partial charge in [-0.05, 0) is 29.8 Å². The van der Waals surface area contributed by atoms with Crippen LogP contribution in [0.4, 0.5) is 17.6 Å². The Balaban J connectivity index is 2.15. The molecule has 7 heteroatoms. The average molecular weight is 334 g/mol. The molecule has 0 spiro atoms. The summed E-state index contributed by atoms with van der Waals surface area (Å²) < 4.78 is 56.7. The number of ether oxygens (including phenoxy) is 1. The molecule has 0 unspecified atom stereocenters. The molecule has 2 aromatic rings. The summed E-state index contributed by atoms with van der Waals surface area (Å²) in [5.41, 5.74) is 5.13. The summed E-state index contributed by atoms with van der Waals surface area (Å²) in [7, 11) is 0. The van der Waals surface area contributed by atoms with E-state index in [0.717, 1.165) is 0 Å². The second-order valence-electron chi connectivity index (χ2n) is 4.58. The maximum Gasteiger partial charge on any atom is 0.407 e. The minimum atomic E-state index is -4.55. The van der Waals surface area contributed by atoms with Crippen molar-refractivity contribution in [3.8, 4) is 5.75 Å². The first-order valence-electron chi connectivity index (χ1n) is 6.27. The summed E-state index contributed by atoms with van der Waals surface area (Å²) in [5.74, 6) is -0.396. The molecule has 2 rings (SSSR count). The van der Waals surface area contributed by atoms with Crippen molar-refractivity contribution in [1.29, 1.82) is 0 Å². The Bertz CT molecular complexity index is 640. The number of hydrogen-bond acceptors (Lipinski definition) is 2. The third-order valence-corrected chi connectivity index (χ3v) is 3.37. The van der Waals surface area contributed by atoms with Crippen LogP contribution in [0, 0.1) is 5.82 Å². The molecule has 118 valence electrons. The number of benzene rings is 2. The van der Waals surface area contributed by atoms with Crippen molar-refractivity contribution in [3.05, 3.63) is 64.4 Å². The van der Waals surface area contributed by atoms with E-state index in [9.17, 15) is 17.6 Å². The third kappa shape index (κ3) is 3.90. The normalized spacial score (nSPS) is 13.0. The first-order valence-corrected chi connectivity index (χ1v) is 6.65. The van der Waals surface area contributed by atoms with Gasteiger partial charge in [0.1, 0.15) is 24.2 Å². The van der Waals surface area contributed by atoms with Crippen molar-refractivity contribution < 1.29 is 22.3 Å². The van der Waals surface area contributed by atoms with Crippen molar-refractivity contribution in [2.45, 2.75) is 18.8 Å². The highest BCUT2D eigenvalue weighted by molar-refractivity contribution is 6.31. The summed E-state index contributed by atoms with van der Waals surface area (Å²) in [6, 6.07) is 7.34. The molecule has 0 amide bonds. The Labute approximate surface area is 129 Å². The largest absolute Gasteiger partial charge is 0.489 e. The standard InChI is InChI=1S/C15H12ClF4NO/c16-12-5-2-6-13(17)11(12)8-22-10-4-1-3-9(7-10)14(21)15(18,19)20/h1-7,14H,8,21H2/t14-/m0/s1. The van der Waals surface area contributed by atoms with Gasteiger partial charge >= 0.3 is 6.18 Å². The molecule has 2 aromatic carbocycles. The Morgan fingerprint density at radius 1 is 1.14 bits per heavy atom. The highest BCUT2D eigenvalue weighted by Crippen LogP contribution is 2.32. The zero-order chi connectivity index (χ0) is 16.3. The molecule has 1 atom stereocenters. The topological polar surface area (TPSA) is 35.2 Å². The van der Waals surface area contributed by atoms with E-state index >= 15 is 0 Å². The fourth-order valence-corrected chi connectivity index (χ4v) is 2.03. The van der Waals surface area contributed by atoms with E-state index in [2.05, 4.69) is 0 Å². The van der Waals surface area contributed by atoms with Gasteiger partial charge in [0.2, 0.25) is 0 Å². The lowest BCUT2D eigenvalue weighted by atomic mass is 10.1. The number of rotatable bonds is 4. The van der Waals surface area contributed by atoms with Crippen LogP contribution < -0.4 is 10.5 Å².